The minimum absolute atomic E-state index is 0.0284. The van der Waals surface area contributed by atoms with Gasteiger partial charge in [0.1, 0.15) is 0 Å². The maximum Gasteiger partial charge on any atom is 0.306 e. The van der Waals surface area contributed by atoms with Gasteiger partial charge in [-0.3, -0.25) is 13.8 Å². The van der Waals surface area contributed by atoms with Crippen LogP contribution < -0.4 is 5.32 Å². The van der Waals surface area contributed by atoms with Gasteiger partial charge in [-0.2, -0.15) is 0 Å². The summed E-state index contributed by atoms with van der Waals surface area (Å²) in [4.78, 5) is 22.4. The van der Waals surface area contributed by atoms with E-state index in [0.29, 0.717) is 38.0 Å². The van der Waals surface area contributed by atoms with E-state index < -0.39 is 16.8 Å². The molecule has 1 aliphatic carbocycles. The zero-order valence-electron chi connectivity index (χ0n) is 9.98. The predicted octanol–water partition coefficient (Wildman–Crippen LogP) is 0.372. The number of carbonyl (C=O) groups is 2. The highest BCUT2D eigenvalue weighted by atomic mass is 32.2. The van der Waals surface area contributed by atoms with Crippen LogP contribution in [0.2, 0.25) is 0 Å². The van der Waals surface area contributed by atoms with E-state index in [9.17, 15) is 13.8 Å². The molecule has 0 bridgehead atoms. The summed E-state index contributed by atoms with van der Waals surface area (Å²) in [6, 6.07) is 0. The molecule has 1 unspecified atom stereocenters. The Morgan fingerprint density at radius 3 is 2.24 bits per heavy atom. The van der Waals surface area contributed by atoms with Crippen molar-refractivity contribution in [1.82, 2.24) is 5.32 Å². The van der Waals surface area contributed by atoms with Gasteiger partial charge in [-0.15, -0.1) is 0 Å². The number of aliphatic carboxylic acids is 1. The lowest BCUT2D eigenvalue weighted by Crippen LogP contribution is -2.36. The van der Waals surface area contributed by atoms with Gasteiger partial charge in [0.15, 0.2) is 0 Å². The number of carbonyl (C=O) groups excluding carboxylic acids is 1. The van der Waals surface area contributed by atoms with Crippen LogP contribution in [0.1, 0.15) is 25.7 Å². The summed E-state index contributed by atoms with van der Waals surface area (Å²) in [6.07, 6.45) is 4.03. The largest absolute Gasteiger partial charge is 0.481 e. The summed E-state index contributed by atoms with van der Waals surface area (Å²) < 4.78 is 10.8. The van der Waals surface area contributed by atoms with E-state index in [1.165, 1.54) is 0 Å². The zero-order valence-corrected chi connectivity index (χ0v) is 10.8. The third-order valence-electron chi connectivity index (χ3n) is 3.14. The molecule has 1 amide bonds. The molecular weight excluding hydrogens is 242 g/mol. The van der Waals surface area contributed by atoms with Crippen LogP contribution in [-0.4, -0.2) is 39.7 Å². The van der Waals surface area contributed by atoms with E-state index in [1.54, 1.807) is 6.26 Å². The maximum absolute atomic E-state index is 11.7. The summed E-state index contributed by atoms with van der Waals surface area (Å²) in [5, 5.41) is 11.6. The van der Waals surface area contributed by atoms with Crippen LogP contribution in [0.3, 0.4) is 0 Å². The fourth-order valence-electron chi connectivity index (χ4n) is 2.06. The van der Waals surface area contributed by atoms with Crippen molar-refractivity contribution >= 4 is 22.7 Å². The molecule has 0 aromatic carbocycles. The first-order chi connectivity index (χ1) is 8.00. The summed E-state index contributed by atoms with van der Waals surface area (Å²) in [6.45, 7) is 0.431. The second-order valence-electron chi connectivity index (χ2n) is 4.46. The number of hydrogen-bond donors (Lipinski definition) is 2. The van der Waals surface area contributed by atoms with Crippen LogP contribution in [0.15, 0.2) is 0 Å². The van der Waals surface area contributed by atoms with Gasteiger partial charge in [-0.05, 0) is 25.7 Å². The first-order valence-corrected chi connectivity index (χ1v) is 7.54. The summed E-state index contributed by atoms with van der Waals surface area (Å²) in [7, 11) is -0.891. The van der Waals surface area contributed by atoms with Gasteiger partial charge in [-0.25, -0.2) is 0 Å². The topological polar surface area (TPSA) is 83.5 Å². The Morgan fingerprint density at radius 1 is 1.24 bits per heavy atom. The Bertz CT molecular complexity index is 311. The second kappa shape index (κ2) is 6.74. The highest BCUT2D eigenvalue weighted by Gasteiger charge is 2.29. The SMILES string of the molecule is CS(=O)CCNC(=O)C1CCC(C(=O)O)CC1. The smallest absolute Gasteiger partial charge is 0.306 e. The van der Waals surface area contributed by atoms with Gasteiger partial charge < -0.3 is 10.4 Å². The zero-order chi connectivity index (χ0) is 12.8. The highest BCUT2D eigenvalue weighted by Crippen LogP contribution is 2.28. The van der Waals surface area contributed by atoms with Crippen LogP contribution in [0, 0.1) is 11.8 Å². The van der Waals surface area contributed by atoms with E-state index in [-0.39, 0.29) is 17.7 Å². The Balaban J connectivity index is 2.26. The number of nitrogens with one attached hydrogen (secondary N) is 1. The first kappa shape index (κ1) is 14.2. The average Bonchev–Trinajstić information content (AvgIpc) is 2.28. The quantitative estimate of drug-likeness (QED) is 0.749. The van der Waals surface area contributed by atoms with Crippen molar-refractivity contribution in [3.05, 3.63) is 0 Å². The predicted molar refractivity (Wildman–Crippen MR) is 65.0 cm³/mol. The Kier molecular flexibility index (Phi) is 5.61. The molecule has 0 radical (unpaired) electrons. The molecule has 2 N–H and O–H groups in total. The van der Waals surface area contributed by atoms with Crippen LogP contribution >= 0.6 is 0 Å². The molecule has 17 heavy (non-hydrogen) atoms. The number of carboxylic acid groups (broad SMARTS) is 1. The maximum atomic E-state index is 11.7. The molecule has 1 saturated carbocycles. The number of rotatable bonds is 5. The fraction of sp³-hybridized carbons (Fsp3) is 0.818. The molecule has 0 aromatic heterocycles. The van der Waals surface area contributed by atoms with Crippen molar-refractivity contribution in [2.75, 3.05) is 18.6 Å². The summed E-state index contributed by atoms with van der Waals surface area (Å²) in [5.74, 6) is -0.682. The minimum Gasteiger partial charge on any atom is -0.481 e. The third-order valence-corrected chi connectivity index (χ3v) is 3.92. The van der Waals surface area contributed by atoms with Gasteiger partial charge in [0.25, 0.3) is 0 Å². The molecular formula is C11H19NO4S. The average molecular weight is 261 g/mol. The Morgan fingerprint density at radius 2 is 1.76 bits per heavy atom. The molecule has 1 rings (SSSR count). The van der Waals surface area contributed by atoms with Crippen LogP contribution in [0.5, 0.6) is 0 Å². The van der Waals surface area contributed by atoms with Crippen LogP contribution in [-0.2, 0) is 20.4 Å². The minimum atomic E-state index is -0.891. The van der Waals surface area contributed by atoms with E-state index in [1.807, 2.05) is 0 Å². The van der Waals surface area contributed by atoms with E-state index >= 15 is 0 Å². The van der Waals surface area contributed by atoms with E-state index in [4.69, 9.17) is 5.11 Å². The lowest BCUT2D eigenvalue weighted by molar-refractivity contribution is -0.144. The van der Waals surface area contributed by atoms with Gasteiger partial charge in [-0.1, -0.05) is 0 Å². The van der Waals surface area contributed by atoms with E-state index in [2.05, 4.69) is 5.32 Å². The molecule has 0 aromatic rings. The van der Waals surface area contributed by atoms with Crippen molar-refractivity contribution in [2.45, 2.75) is 25.7 Å². The van der Waals surface area contributed by atoms with Gasteiger partial charge in [0.05, 0.1) is 5.92 Å². The Hall–Kier alpha value is -0.910. The fourth-order valence-corrected chi connectivity index (χ4v) is 2.45. The second-order valence-corrected chi connectivity index (χ2v) is 6.01. The molecule has 0 heterocycles. The monoisotopic (exact) mass is 261 g/mol. The lowest BCUT2D eigenvalue weighted by atomic mass is 9.81. The van der Waals surface area contributed by atoms with Crippen molar-refractivity contribution < 1.29 is 18.9 Å². The third kappa shape index (κ3) is 4.85. The number of amides is 1. The number of carboxylic acids is 1. The van der Waals surface area contributed by atoms with Gasteiger partial charge >= 0.3 is 5.97 Å². The highest BCUT2D eigenvalue weighted by molar-refractivity contribution is 7.84. The van der Waals surface area contributed by atoms with E-state index in [0.717, 1.165) is 0 Å². The van der Waals surface area contributed by atoms with Crippen LogP contribution in [0.25, 0.3) is 0 Å². The normalized spacial score (nSPS) is 26.2. The molecule has 1 fully saturated rings. The van der Waals surface area contributed by atoms with Gasteiger partial charge in [0, 0.05) is 35.3 Å². The summed E-state index contributed by atoms with van der Waals surface area (Å²) >= 11 is 0. The van der Waals surface area contributed by atoms with Crippen molar-refractivity contribution in [1.29, 1.82) is 0 Å². The molecule has 1 aliphatic rings. The molecule has 0 aliphatic heterocycles. The molecule has 1 atom stereocenters. The van der Waals surface area contributed by atoms with Crippen molar-refractivity contribution in [2.24, 2.45) is 11.8 Å². The molecule has 5 nitrogen and oxygen atoms in total. The lowest BCUT2D eigenvalue weighted by Gasteiger charge is -2.25. The first-order valence-electron chi connectivity index (χ1n) is 5.81. The summed E-state index contributed by atoms with van der Waals surface area (Å²) in [5.41, 5.74) is 0. The standard InChI is InChI=1S/C11H19NO4S/c1-17(16)7-6-12-10(13)8-2-4-9(5-3-8)11(14)15/h8-9H,2-7H2,1H3,(H,12,13)(H,14,15). The number of hydrogen-bond acceptors (Lipinski definition) is 3. The van der Waals surface area contributed by atoms with Crippen molar-refractivity contribution in [3.8, 4) is 0 Å². The molecule has 6 heteroatoms. The Labute approximate surface area is 103 Å². The van der Waals surface area contributed by atoms with Gasteiger partial charge in [0.2, 0.25) is 5.91 Å². The van der Waals surface area contributed by atoms with Crippen molar-refractivity contribution in [3.63, 3.8) is 0 Å². The molecule has 0 saturated heterocycles. The molecule has 0 spiro atoms. The molecule has 98 valence electrons. The van der Waals surface area contributed by atoms with Crippen LogP contribution in [0.4, 0.5) is 0 Å².